The van der Waals surface area contributed by atoms with Gasteiger partial charge in [0.05, 0.1) is 0 Å². The maximum absolute atomic E-state index is 8.63. The first-order valence-corrected chi connectivity index (χ1v) is 6.30. The van der Waals surface area contributed by atoms with Gasteiger partial charge in [-0.2, -0.15) is 0 Å². The normalized spacial score (nSPS) is 11.4. The van der Waals surface area contributed by atoms with Crippen molar-refractivity contribution in [2.45, 2.75) is 13.5 Å². The van der Waals surface area contributed by atoms with Gasteiger partial charge in [-0.25, -0.2) is 0 Å². The number of rotatable bonds is 4. The quantitative estimate of drug-likeness (QED) is 0.386. The molecule has 104 valence electrons. The largest absolute Gasteiger partial charge is 0.409 e. The summed E-state index contributed by atoms with van der Waals surface area (Å²) in [4.78, 5) is 6.31. The van der Waals surface area contributed by atoms with Crippen LogP contribution < -0.4 is 10.6 Å². The second-order valence-electron chi connectivity index (χ2n) is 4.76. The van der Waals surface area contributed by atoms with E-state index in [9.17, 15) is 0 Å². The molecule has 3 N–H and O–H groups in total. The highest BCUT2D eigenvalue weighted by Crippen LogP contribution is 2.16. The number of hydrogen-bond donors (Lipinski definition) is 2. The van der Waals surface area contributed by atoms with Gasteiger partial charge in [0, 0.05) is 37.2 Å². The van der Waals surface area contributed by atoms with E-state index < -0.39 is 0 Å². The Balaban J connectivity index is 2.11. The molecule has 1 aromatic heterocycles. The van der Waals surface area contributed by atoms with E-state index in [0.717, 1.165) is 23.4 Å². The summed E-state index contributed by atoms with van der Waals surface area (Å²) in [5, 5.41) is 11.6. The van der Waals surface area contributed by atoms with Crippen LogP contribution in [0.4, 0.5) is 5.69 Å². The Kier molecular flexibility index (Phi) is 4.20. The van der Waals surface area contributed by atoms with Crippen LogP contribution in [0.5, 0.6) is 0 Å². The molecule has 20 heavy (non-hydrogen) atoms. The van der Waals surface area contributed by atoms with Crippen molar-refractivity contribution in [2.75, 3.05) is 11.9 Å². The third kappa shape index (κ3) is 3.26. The highest BCUT2D eigenvalue weighted by molar-refractivity contribution is 5.97. The number of benzene rings is 1. The van der Waals surface area contributed by atoms with Gasteiger partial charge < -0.3 is 15.8 Å². The van der Waals surface area contributed by atoms with E-state index >= 15 is 0 Å². The van der Waals surface area contributed by atoms with Crippen molar-refractivity contribution in [3.8, 4) is 0 Å². The summed E-state index contributed by atoms with van der Waals surface area (Å²) in [6.45, 7) is 2.81. The molecule has 0 bridgehead atoms. The molecule has 0 aliphatic rings. The third-order valence-corrected chi connectivity index (χ3v) is 3.06. The number of nitrogens with zero attached hydrogens (tertiary/aromatic N) is 3. The molecule has 0 amide bonds. The molecule has 0 radical (unpaired) electrons. The van der Waals surface area contributed by atoms with Gasteiger partial charge in [0.25, 0.3) is 0 Å². The zero-order chi connectivity index (χ0) is 14.5. The summed E-state index contributed by atoms with van der Waals surface area (Å²) in [7, 11) is 2.01. The number of oxime groups is 1. The summed E-state index contributed by atoms with van der Waals surface area (Å²) in [6, 6.07) is 9.66. The smallest absolute Gasteiger partial charge is 0.170 e. The third-order valence-electron chi connectivity index (χ3n) is 3.06. The molecule has 0 spiro atoms. The Morgan fingerprint density at radius 2 is 2.00 bits per heavy atom. The van der Waals surface area contributed by atoms with Crippen molar-refractivity contribution in [3.05, 3.63) is 59.4 Å². The predicted molar refractivity (Wildman–Crippen MR) is 80.0 cm³/mol. The Hall–Kier alpha value is -2.56. The van der Waals surface area contributed by atoms with Crippen molar-refractivity contribution in [1.82, 2.24) is 4.98 Å². The number of aromatic nitrogens is 1. The first-order chi connectivity index (χ1) is 9.60. The van der Waals surface area contributed by atoms with Crippen molar-refractivity contribution >= 4 is 11.5 Å². The Bertz CT molecular complexity index is 608. The fourth-order valence-electron chi connectivity index (χ4n) is 2.01. The highest BCUT2D eigenvalue weighted by atomic mass is 16.4. The fourth-order valence-corrected chi connectivity index (χ4v) is 2.01. The van der Waals surface area contributed by atoms with Gasteiger partial charge >= 0.3 is 0 Å². The lowest BCUT2D eigenvalue weighted by atomic mass is 10.1. The van der Waals surface area contributed by atoms with Crippen LogP contribution >= 0.6 is 0 Å². The van der Waals surface area contributed by atoms with Crippen LogP contribution in [-0.2, 0) is 6.54 Å². The van der Waals surface area contributed by atoms with Crippen LogP contribution in [0.25, 0.3) is 0 Å². The number of pyridine rings is 1. The first-order valence-electron chi connectivity index (χ1n) is 6.30. The minimum Gasteiger partial charge on any atom is -0.409 e. The van der Waals surface area contributed by atoms with E-state index in [1.54, 1.807) is 0 Å². The van der Waals surface area contributed by atoms with E-state index in [4.69, 9.17) is 10.9 Å². The van der Waals surface area contributed by atoms with Crippen LogP contribution in [0.15, 0.2) is 47.9 Å². The van der Waals surface area contributed by atoms with Gasteiger partial charge in [-0.05, 0) is 42.3 Å². The standard InChI is InChI=1S/C15H18N4O/c1-11-7-12(9-17-8-11)10-19(2)14-5-3-13(4-6-14)15(16)18-20/h3-9,20H,10H2,1-2H3,(H2,16,18). The molecule has 1 aromatic carbocycles. The SMILES string of the molecule is Cc1cncc(CN(C)c2ccc(/C(N)=N/O)cc2)c1. The van der Waals surface area contributed by atoms with Crippen molar-refractivity contribution in [2.24, 2.45) is 10.9 Å². The molecule has 0 aliphatic heterocycles. The number of nitrogens with two attached hydrogens (primary N) is 1. The Morgan fingerprint density at radius 3 is 2.60 bits per heavy atom. The maximum Gasteiger partial charge on any atom is 0.170 e. The van der Waals surface area contributed by atoms with E-state index in [0.29, 0.717) is 5.56 Å². The summed E-state index contributed by atoms with van der Waals surface area (Å²) in [5.41, 5.74) is 9.60. The molecule has 5 nitrogen and oxygen atoms in total. The molecule has 2 aromatic rings. The van der Waals surface area contributed by atoms with Crippen molar-refractivity contribution in [1.29, 1.82) is 0 Å². The Labute approximate surface area is 118 Å². The summed E-state index contributed by atoms with van der Waals surface area (Å²) in [5.74, 6) is 0.113. The van der Waals surface area contributed by atoms with Crippen LogP contribution in [0.3, 0.4) is 0 Å². The lowest BCUT2D eigenvalue weighted by Crippen LogP contribution is -2.17. The topological polar surface area (TPSA) is 74.7 Å². The molecule has 2 rings (SSSR count). The fraction of sp³-hybridized carbons (Fsp3) is 0.200. The Morgan fingerprint density at radius 1 is 1.30 bits per heavy atom. The average molecular weight is 270 g/mol. The van der Waals surface area contributed by atoms with Gasteiger partial charge in [0.1, 0.15) is 0 Å². The lowest BCUT2D eigenvalue weighted by Gasteiger charge is -2.19. The van der Waals surface area contributed by atoms with Crippen LogP contribution in [0.2, 0.25) is 0 Å². The van der Waals surface area contributed by atoms with Gasteiger partial charge in [-0.15, -0.1) is 0 Å². The monoisotopic (exact) mass is 270 g/mol. The summed E-state index contributed by atoms with van der Waals surface area (Å²) in [6.07, 6.45) is 3.71. The van der Waals surface area contributed by atoms with Gasteiger partial charge in [0.2, 0.25) is 0 Å². The summed E-state index contributed by atoms with van der Waals surface area (Å²) < 4.78 is 0. The molecule has 0 fully saturated rings. The van der Waals surface area contributed by atoms with E-state index in [1.807, 2.05) is 50.6 Å². The van der Waals surface area contributed by atoms with Crippen LogP contribution in [0, 0.1) is 6.92 Å². The van der Waals surface area contributed by atoms with Crippen LogP contribution in [0.1, 0.15) is 16.7 Å². The van der Waals surface area contributed by atoms with Gasteiger partial charge in [-0.3, -0.25) is 4.98 Å². The predicted octanol–water partition coefficient (Wildman–Crippen LogP) is 2.12. The molecule has 1 heterocycles. The number of anilines is 1. The molecular formula is C15H18N4O. The van der Waals surface area contributed by atoms with Gasteiger partial charge in [0.15, 0.2) is 5.84 Å². The maximum atomic E-state index is 8.63. The molecule has 0 aliphatic carbocycles. The zero-order valence-electron chi connectivity index (χ0n) is 11.6. The van der Waals surface area contributed by atoms with Crippen molar-refractivity contribution < 1.29 is 5.21 Å². The minimum atomic E-state index is 0.113. The molecule has 0 atom stereocenters. The van der Waals surface area contributed by atoms with E-state index in [1.165, 1.54) is 0 Å². The van der Waals surface area contributed by atoms with E-state index in [2.05, 4.69) is 21.1 Å². The number of hydrogen-bond acceptors (Lipinski definition) is 4. The van der Waals surface area contributed by atoms with Gasteiger partial charge in [-0.1, -0.05) is 11.2 Å². The molecule has 5 heteroatoms. The average Bonchev–Trinajstić information content (AvgIpc) is 2.46. The second kappa shape index (κ2) is 6.06. The summed E-state index contributed by atoms with van der Waals surface area (Å²) >= 11 is 0. The highest BCUT2D eigenvalue weighted by Gasteiger charge is 2.04. The molecule has 0 unspecified atom stereocenters. The first kappa shape index (κ1) is 13.9. The van der Waals surface area contributed by atoms with Crippen molar-refractivity contribution in [3.63, 3.8) is 0 Å². The molecule has 0 saturated carbocycles. The number of amidine groups is 1. The molecule has 0 saturated heterocycles. The number of aryl methyl sites for hydroxylation is 1. The molecular weight excluding hydrogens is 252 g/mol. The second-order valence-corrected chi connectivity index (χ2v) is 4.76. The lowest BCUT2D eigenvalue weighted by molar-refractivity contribution is 0.318. The minimum absolute atomic E-state index is 0.113. The van der Waals surface area contributed by atoms with Crippen LogP contribution in [-0.4, -0.2) is 23.1 Å². The van der Waals surface area contributed by atoms with E-state index in [-0.39, 0.29) is 5.84 Å². The zero-order valence-corrected chi connectivity index (χ0v) is 11.6.